The number of anilines is 1. The van der Waals surface area contributed by atoms with E-state index in [4.69, 9.17) is 0 Å². The van der Waals surface area contributed by atoms with Crippen molar-refractivity contribution in [1.82, 2.24) is 15.1 Å². The summed E-state index contributed by atoms with van der Waals surface area (Å²) in [6, 6.07) is 5.20. The summed E-state index contributed by atoms with van der Waals surface area (Å²) in [5, 5.41) is 5.57. The van der Waals surface area contributed by atoms with Crippen LogP contribution in [0.3, 0.4) is 0 Å². The van der Waals surface area contributed by atoms with Crippen LogP contribution >= 0.6 is 0 Å². The number of benzene rings is 1. The smallest absolute Gasteiger partial charge is 0.352 e. The molecule has 0 spiro atoms. The highest BCUT2D eigenvalue weighted by molar-refractivity contribution is 5.93. The van der Waals surface area contributed by atoms with Gasteiger partial charge in [-0.05, 0) is 30.4 Å². The maximum atomic E-state index is 13.1. The molecule has 1 aliphatic heterocycles. The average molecular weight is 455 g/mol. The Hall–Kier alpha value is -2.13. The third-order valence-corrected chi connectivity index (χ3v) is 6.76. The van der Waals surface area contributed by atoms with Crippen molar-refractivity contribution < 1.29 is 22.8 Å². The molecule has 9 heteroatoms. The lowest BCUT2D eigenvalue weighted by Gasteiger charge is -2.36. The largest absolute Gasteiger partial charge is 0.418 e. The molecule has 1 saturated carbocycles. The van der Waals surface area contributed by atoms with E-state index >= 15 is 0 Å². The van der Waals surface area contributed by atoms with Gasteiger partial charge in [0.25, 0.3) is 0 Å². The predicted molar refractivity (Wildman–Crippen MR) is 117 cm³/mol. The first-order valence-corrected chi connectivity index (χ1v) is 11.3. The summed E-state index contributed by atoms with van der Waals surface area (Å²) in [6.07, 6.45) is -1.14. The third kappa shape index (κ3) is 6.68. The van der Waals surface area contributed by atoms with Crippen molar-refractivity contribution in [2.75, 3.05) is 44.6 Å². The van der Waals surface area contributed by atoms with Gasteiger partial charge in [0.05, 0.1) is 24.3 Å². The molecule has 2 aliphatic rings. The van der Waals surface area contributed by atoms with Crippen molar-refractivity contribution in [1.29, 1.82) is 0 Å². The summed E-state index contributed by atoms with van der Waals surface area (Å²) >= 11 is 0. The summed E-state index contributed by atoms with van der Waals surface area (Å²) in [5.74, 6) is 0.650. The number of amides is 2. The van der Waals surface area contributed by atoms with Gasteiger partial charge < -0.3 is 10.6 Å². The molecular weight excluding hydrogens is 421 g/mol. The molecule has 0 radical (unpaired) electrons. The number of halogens is 3. The standard InChI is InChI=1S/C23H33F3N4O2/c1-16-6-5-9-19(17(16)2)27-21(31)14-29-10-12-30(13-11-29)15-22(32)28-20-8-4-3-7-18(20)23(24,25)26/h3-4,7-8,16-17,19H,5-6,9-15H2,1-2H3,(H,27,31)(H,28,32)/t16-,17-,19+/m1/s1. The molecule has 0 aromatic heterocycles. The van der Waals surface area contributed by atoms with Gasteiger partial charge >= 0.3 is 6.18 Å². The van der Waals surface area contributed by atoms with E-state index in [1.165, 1.54) is 24.6 Å². The van der Waals surface area contributed by atoms with Crippen LogP contribution in [0.15, 0.2) is 24.3 Å². The molecule has 1 aliphatic carbocycles. The van der Waals surface area contributed by atoms with Crippen molar-refractivity contribution in [2.24, 2.45) is 11.8 Å². The Bertz CT molecular complexity index is 794. The molecule has 1 aromatic carbocycles. The number of nitrogens with zero attached hydrogens (tertiary/aromatic N) is 2. The van der Waals surface area contributed by atoms with Crippen LogP contribution in [0, 0.1) is 11.8 Å². The number of nitrogens with one attached hydrogen (secondary N) is 2. The minimum Gasteiger partial charge on any atom is -0.352 e. The van der Waals surface area contributed by atoms with Crippen LogP contribution in [0.2, 0.25) is 0 Å². The Morgan fingerprint density at radius 1 is 0.969 bits per heavy atom. The SMILES string of the molecule is C[C@@H]1[C@H](C)CCC[C@@H]1NC(=O)CN1CCN(CC(=O)Nc2ccccc2C(F)(F)F)CC1. The Labute approximate surface area is 187 Å². The topological polar surface area (TPSA) is 64.7 Å². The summed E-state index contributed by atoms with van der Waals surface area (Å²) in [6.45, 7) is 7.22. The van der Waals surface area contributed by atoms with E-state index in [9.17, 15) is 22.8 Å². The zero-order valence-electron chi connectivity index (χ0n) is 18.8. The predicted octanol–water partition coefficient (Wildman–Crippen LogP) is 3.20. The lowest BCUT2D eigenvalue weighted by Crippen LogP contribution is -2.52. The second-order valence-corrected chi connectivity index (χ2v) is 9.09. The van der Waals surface area contributed by atoms with E-state index in [0.717, 1.165) is 18.9 Å². The fourth-order valence-electron chi connectivity index (χ4n) is 4.58. The van der Waals surface area contributed by atoms with Crippen LogP contribution in [0.4, 0.5) is 18.9 Å². The number of carbonyl (C=O) groups is 2. The Morgan fingerprint density at radius 3 is 2.19 bits per heavy atom. The summed E-state index contributed by atoms with van der Waals surface area (Å²) in [4.78, 5) is 28.7. The molecule has 1 saturated heterocycles. The Kier molecular flexibility index (Phi) is 8.16. The fraction of sp³-hybridized carbons (Fsp3) is 0.652. The minimum atomic E-state index is -4.52. The minimum absolute atomic E-state index is 0.0176. The van der Waals surface area contributed by atoms with Gasteiger partial charge in [-0.15, -0.1) is 0 Å². The lowest BCUT2D eigenvalue weighted by atomic mass is 9.78. The molecule has 0 bridgehead atoms. The molecular formula is C23H33F3N4O2. The van der Waals surface area contributed by atoms with Gasteiger partial charge in [0.1, 0.15) is 0 Å². The third-order valence-electron chi connectivity index (χ3n) is 6.76. The van der Waals surface area contributed by atoms with E-state index in [2.05, 4.69) is 29.4 Å². The van der Waals surface area contributed by atoms with Crippen molar-refractivity contribution >= 4 is 17.5 Å². The molecule has 6 nitrogen and oxygen atoms in total. The molecule has 3 atom stereocenters. The monoisotopic (exact) mass is 454 g/mol. The first kappa shape index (κ1) is 24.5. The molecule has 1 heterocycles. The molecule has 3 rings (SSSR count). The van der Waals surface area contributed by atoms with E-state index in [0.29, 0.717) is 44.6 Å². The fourth-order valence-corrected chi connectivity index (χ4v) is 4.58. The summed E-state index contributed by atoms with van der Waals surface area (Å²) in [7, 11) is 0. The average Bonchev–Trinajstić information content (AvgIpc) is 2.72. The van der Waals surface area contributed by atoms with Crippen molar-refractivity contribution in [3.63, 3.8) is 0 Å². The first-order chi connectivity index (χ1) is 15.1. The molecule has 178 valence electrons. The number of rotatable bonds is 6. The Balaban J connectivity index is 1.41. The Morgan fingerprint density at radius 2 is 1.56 bits per heavy atom. The van der Waals surface area contributed by atoms with Gasteiger partial charge in [0.2, 0.25) is 11.8 Å². The highest BCUT2D eigenvalue weighted by Crippen LogP contribution is 2.34. The van der Waals surface area contributed by atoms with Crippen molar-refractivity contribution in [3.8, 4) is 0 Å². The molecule has 2 fully saturated rings. The number of alkyl halides is 3. The van der Waals surface area contributed by atoms with Crippen LogP contribution in [-0.4, -0.2) is 66.9 Å². The molecule has 1 aromatic rings. The van der Waals surface area contributed by atoms with Crippen LogP contribution in [0.5, 0.6) is 0 Å². The van der Waals surface area contributed by atoms with Gasteiger partial charge in [-0.25, -0.2) is 0 Å². The lowest BCUT2D eigenvalue weighted by molar-refractivity contribution is -0.137. The zero-order valence-corrected chi connectivity index (χ0v) is 18.8. The molecule has 0 unspecified atom stereocenters. The molecule has 2 N–H and O–H groups in total. The van der Waals surface area contributed by atoms with Gasteiger partial charge in [0, 0.05) is 32.2 Å². The zero-order chi connectivity index (χ0) is 23.3. The number of piperazine rings is 1. The second-order valence-electron chi connectivity index (χ2n) is 9.09. The van der Waals surface area contributed by atoms with Crippen molar-refractivity contribution in [3.05, 3.63) is 29.8 Å². The molecule has 32 heavy (non-hydrogen) atoms. The molecule has 2 amide bonds. The highest BCUT2D eigenvalue weighted by Gasteiger charge is 2.34. The van der Waals surface area contributed by atoms with E-state index in [1.807, 2.05) is 4.90 Å². The van der Waals surface area contributed by atoms with Gasteiger partial charge in [0.15, 0.2) is 0 Å². The first-order valence-electron chi connectivity index (χ1n) is 11.3. The maximum Gasteiger partial charge on any atom is 0.418 e. The quantitative estimate of drug-likeness (QED) is 0.693. The van der Waals surface area contributed by atoms with Crippen LogP contribution < -0.4 is 10.6 Å². The van der Waals surface area contributed by atoms with E-state index < -0.39 is 17.6 Å². The van der Waals surface area contributed by atoms with E-state index in [-0.39, 0.29) is 24.2 Å². The van der Waals surface area contributed by atoms with Crippen LogP contribution in [-0.2, 0) is 15.8 Å². The van der Waals surface area contributed by atoms with Gasteiger partial charge in [-0.1, -0.05) is 38.8 Å². The van der Waals surface area contributed by atoms with Crippen molar-refractivity contribution in [2.45, 2.75) is 45.3 Å². The number of hydrogen-bond acceptors (Lipinski definition) is 4. The maximum absolute atomic E-state index is 13.1. The summed E-state index contributed by atoms with van der Waals surface area (Å²) in [5.41, 5.74) is -1.09. The van der Waals surface area contributed by atoms with Gasteiger partial charge in [-0.3, -0.25) is 19.4 Å². The van der Waals surface area contributed by atoms with Gasteiger partial charge in [-0.2, -0.15) is 13.2 Å². The van der Waals surface area contributed by atoms with Crippen LogP contribution in [0.1, 0.15) is 38.7 Å². The normalized spacial score (nSPS) is 25.3. The van der Waals surface area contributed by atoms with Crippen LogP contribution in [0.25, 0.3) is 0 Å². The summed E-state index contributed by atoms with van der Waals surface area (Å²) < 4.78 is 39.3. The number of hydrogen-bond donors (Lipinski definition) is 2. The van der Waals surface area contributed by atoms with E-state index in [1.54, 1.807) is 0 Å². The number of para-hydroxylation sites is 1. The highest BCUT2D eigenvalue weighted by atomic mass is 19.4. The number of carbonyl (C=O) groups excluding carboxylic acids is 2. The second kappa shape index (κ2) is 10.7.